The van der Waals surface area contributed by atoms with Crippen LogP contribution in [-0.4, -0.2) is 16.9 Å². The van der Waals surface area contributed by atoms with Gasteiger partial charge in [-0.05, 0) is 48.1 Å². The summed E-state index contributed by atoms with van der Waals surface area (Å²) in [6.07, 6.45) is 1.35. The lowest BCUT2D eigenvalue weighted by Crippen LogP contribution is -2.51. The number of thiocarbonyl (C=S) groups is 1. The van der Waals surface area contributed by atoms with Gasteiger partial charge in [-0.3, -0.25) is 20.2 Å². The first-order valence-corrected chi connectivity index (χ1v) is 9.12. The van der Waals surface area contributed by atoms with E-state index in [0.29, 0.717) is 15.6 Å². The number of halogens is 3. The first kappa shape index (κ1) is 19.6. The summed E-state index contributed by atoms with van der Waals surface area (Å²) in [4.78, 5) is 24.1. The Bertz CT molecular complexity index is 953. The van der Waals surface area contributed by atoms with Crippen molar-refractivity contribution in [2.45, 2.75) is 6.61 Å². The monoisotopic (exact) mass is 440 g/mol. The SMILES string of the molecule is O=C1NC(=S)NC(=O)C1=Cc1cc(Cl)cc(Cl)c1OCc1ccc(Cl)cc1. The number of carbonyl (C=O) groups excluding carboxylic acids is 2. The summed E-state index contributed by atoms with van der Waals surface area (Å²) >= 11 is 23.0. The van der Waals surface area contributed by atoms with Gasteiger partial charge in [0.15, 0.2) is 5.11 Å². The lowest BCUT2D eigenvalue weighted by molar-refractivity contribution is -0.123. The summed E-state index contributed by atoms with van der Waals surface area (Å²) in [5.74, 6) is -0.954. The van der Waals surface area contributed by atoms with Crippen LogP contribution in [0.5, 0.6) is 5.75 Å². The van der Waals surface area contributed by atoms with Gasteiger partial charge >= 0.3 is 0 Å². The summed E-state index contributed by atoms with van der Waals surface area (Å²) in [5, 5.41) is 5.87. The molecule has 9 heteroatoms. The van der Waals surface area contributed by atoms with E-state index in [2.05, 4.69) is 10.6 Å². The molecule has 2 aromatic carbocycles. The molecule has 3 rings (SSSR count). The third-order valence-corrected chi connectivity index (χ3v) is 4.53. The average molecular weight is 442 g/mol. The second-order valence-corrected chi connectivity index (χ2v) is 7.20. The quantitative estimate of drug-likeness (QED) is 0.425. The smallest absolute Gasteiger partial charge is 0.263 e. The van der Waals surface area contributed by atoms with Crippen molar-refractivity contribution in [3.05, 3.63) is 68.2 Å². The predicted octanol–water partition coefficient (Wildman–Crippen LogP) is 4.14. The molecular weight excluding hydrogens is 431 g/mol. The van der Waals surface area contributed by atoms with Gasteiger partial charge in [0.05, 0.1) is 5.02 Å². The van der Waals surface area contributed by atoms with Crippen LogP contribution < -0.4 is 15.4 Å². The molecule has 1 saturated heterocycles. The molecule has 0 bridgehead atoms. The van der Waals surface area contributed by atoms with E-state index in [0.717, 1.165) is 5.56 Å². The number of carbonyl (C=O) groups is 2. The summed E-state index contributed by atoms with van der Waals surface area (Å²) in [7, 11) is 0. The van der Waals surface area contributed by atoms with Gasteiger partial charge in [0.1, 0.15) is 17.9 Å². The molecule has 0 aliphatic carbocycles. The van der Waals surface area contributed by atoms with Gasteiger partial charge < -0.3 is 4.74 Å². The summed E-state index contributed by atoms with van der Waals surface area (Å²) in [6.45, 7) is 0.206. The molecular formula is C18H11Cl3N2O3S. The topological polar surface area (TPSA) is 67.4 Å². The van der Waals surface area contributed by atoms with Crippen LogP contribution in [0, 0.1) is 0 Å². The van der Waals surface area contributed by atoms with E-state index < -0.39 is 11.8 Å². The van der Waals surface area contributed by atoms with E-state index in [1.807, 2.05) is 12.1 Å². The molecule has 0 spiro atoms. The standard InChI is InChI=1S/C18H11Cl3N2O3S/c19-11-3-1-9(2-4-11)8-26-15-10(5-12(20)7-14(15)21)6-13-16(24)22-18(27)23-17(13)25/h1-7H,8H2,(H2,22,23,24,25,27). The van der Waals surface area contributed by atoms with Crippen molar-refractivity contribution in [3.63, 3.8) is 0 Å². The van der Waals surface area contributed by atoms with Crippen molar-refractivity contribution in [1.29, 1.82) is 0 Å². The number of benzene rings is 2. The minimum Gasteiger partial charge on any atom is -0.487 e. The molecule has 0 saturated carbocycles. The fourth-order valence-electron chi connectivity index (χ4n) is 2.34. The van der Waals surface area contributed by atoms with Crippen molar-refractivity contribution in [2.75, 3.05) is 0 Å². The van der Waals surface area contributed by atoms with E-state index >= 15 is 0 Å². The molecule has 138 valence electrons. The summed E-state index contributed by atoms with van der Waals surface area (Å²) in [5.41, 5.74) is 1.11. The molecule has 1 aliphatic rings. The molecule has 27 heavy (non-hydrogen) atoms. The van der Waals surface area contributed by atoms with Crippen LogP contribution in [0.2, 0.25) is 15.1 Å². The molecule has 1 aliphatic heterocycles. The zero-order valence-electron chi connectivity index (χ0n) is 13.5. The molecule has 2 N–H and O–H groups in total. The van der Waals surface area contributed by atoms with Gasteiger partial charge in [0, 0.05) is 15.6 Å². The Labute approximate surface area is 175 Å². The molecule has 0 atom stereocenters. The van der Waals surface area contributed by atoms with Crippen LogP contribution >= 0.6 is 47.0 Å². The second-order valence-electron chi connectivity index (χ2n) is 5.52. The highest BCUT2D eigenvalue weighted by atomic mass is 35.5. The van der Waals surface area contributed by atoms with E-state index in [4.69, 9.17) is 51.8 Å². The third kappa shape index (κ3) is 4.78. The van der Waals surface area contributed by atoms with Gasteiger partial charge in [-0.25, -0.2) is 0 Å². The van der Waals surface area contributed by atoms with Crippen LogP contribution in [0.1, 0.15) is 11.1 Å². The summed E-state index contributed by atoms with van der Waals surface area (Å²) < 4.78 is 5.81. The zero-order valence-corrected chi connectivity index (χ0v) is 16.6. The Hall–Kier alpha value is -2.12. The molecule has 2 amide bonds. The zero-order chi connectivity index (χ0) is 19.6. The Balaban J connectivity index is 1.94. The second kappa shape index (κ2) is 8.27. The molecule has 0 aromatic heterocycles. The van der Waals surface area contributed by atoms with Crippen molar-refractivity contribution in [3.8, 4) is 5.75 Å². The van der Waals surface area contributed by atoms with Crippen LogP contribution in [-0.2, 0) is 16.2 Å². The highest BCUT2D eigenvalue weighted by Crippen LogP contribution is 2.34. The highest BCUT2D eigenvalue weighted by Gasteiger charge is 2.26. The molecule has 0 radical (unpaired) electrons. The number of rotatable bonds is 4. The Morgan fingerprint density at radius 3 is 2.22 bits per heavy atom. The van der Waals surface area contributed by atoms with Gasteiger partial charge in [-0.1, -0.05) is 46.9 Å². The lowest BCUT2D eigenvalue weighted by Gasteiger charge is -2.17. The molecule has 0 unspecified atom stereocenters. The summed E-state index contributed by atoms with van der Waals surface area (Å²) in [6, 6.07) is 10.2. The fourth-order valence-corrected chi connectivity index (χ4v) is 3.21. The number of hydrogen-bond donors (Lipinski definition) is 2. The maximum atomic E-state index is 12.1. The van der Waals surface area contributed by atoms with E-state index in [1.54, 1.807) is 18.2 Å². The van der Waals surface area contributed by atoms with E-state index in [-0.39, 0.29) is 28.1 Å². The minimum absolute atomic E-state index is 0.0505. The molecule has 1 heterocycles. The van der Waals surface area contributed by atoms with Crippen LogP contribution in [0.4, 0.5) is 0 Å². The molecule has 5 nitrogen and oxygen atoms in total. The lowest BCUT2D eigenvalue weighted by atomic mass is 10.1. The number of amides is 2. The minimum atomic E-state index is -0.622. The fraction of sp³-hybridized carbons (Fsp3) is 0.0556. The Kier molecular flexibility index (Phi) is 6.01. The third-order valence-electron chi connectivity index (χ3n) is 3.58. The van der Waals surface area contributed by atoms with Crippen LogP contribution in [0.15, 0.2) is 42.0 Å². The number of ether oxygens (including phenoxy) is 1. The number of hydrogen-bond acceptors (Lipinski definition) is 4. The highest BCUT2D eigenvalue weighted by molar-refractivity contribution is 7.80. The Morgan fingerprint density at radius 1 is 0.963 bits per heavy atom. The van der Waals surface area contributed by atoms with Gasteiger partial charge in [-0.2, -0.15) is 0 Å². The van der Waals surface area contributed by atoms with Gasteiger partial charge in [0.2, 0.25) is 0 Å². The van der Waals surface area contributed by atoms with E-state index in [1.165, 1.54) is 12.1 Å². The largest absolute Gasteiger partial charge is 0.487 e. The average Bonchev–Trinajstić information content (AvgIpc) is 2.58. The van der Waals surface area contributed by atoms with Crippen LogP contribution in [0.3, 0.4) is 0 Å². The first-order valence-electron chi connectivity index (χ1n) is 7.58. The van der Waals surface area contributed by atoms with Crippen molar-refractivity contribution in [1.82, 2.24) is 10.6 Å². The van der Waals surface area contributed by atoms with Crippen molar-refractivity contribution >= 4 is 70.0 Å². The normalized spacial score (nSPS) is 13.9. The first-order chi connectivity index (χ1) is 12.8. The Morgan fingerprint density at radius 2 is 1.59 bits per heavy atom. The predicted molar refractivity (Wildman–Crippen MR) is 109 cm³/mol. The van der Waals surface area contributed by atoms with Crippen molar-refractivity contribution < 1.29 is 14.3 Å². The van der Waals surface area contributed by atoms with Gasteiger partial charge in [-0.15, -0.1) is 0 Å². The molecule has 2 aromatic rings. The van der Waals surface area contributed by atoms with Crippen molar-refractivity contribution in [2.24, 2.45) is 0 Å². The van der Waals surface area contributed by atoms with Crippen LogP contribution in [0.25, 0.3) is 6.08 Å². The molecule has 1 fully saturated rings. The number of nitrogens with one attached hydrogen (secondary N) is 2. The maximum absolute atomic E-state index is 12.1. The van der Waals surface area contributed by atoms with E-state index in [9.17, 15) is 9.59 Å². The van der Waals surface area contributed by atoms with Gasteiger partial charge in [0.25, 0.3) is 11.8 Å². The maximum Gasteiger partial charge on any atom is 0.263 e.